The van der Waals surface area contributed by atoms with Crippen molar-refractivity contribution in [1.29, 1.82) is 0 Å². The lowest BCUT2D eigenvalue weighted by Crippen LogP contribution is -2.11. The van der Waals surface area contributed by atoms with Crippen molar-refractivity contribution in [2.24, 2.45) is 0 Å². The molecule has 2 heterocycles. The first-order chi connectivity index (χ1) is 9.16. The topological polar surface area (TPSA) is 105 Å². The van der Waals surface area contributed by atoms with Gasteiger partial charge >= 0.3 is 0 Å². The standard InChI is InChI=1S/C13H10N4O2/c14-13-16-9-8(6-15-10(9)12(19)17-13)11(18)7-4-2-1-3-5-7/h1-6,15H,(H3,14,16,17,19). The molecule has 0 amide bonds. The second-order valence-corrected chi connectivity index (χ2v) is 4.07. The van der Waals surface area contributed by atoms with E-state index in [0.29, 0.717) is 11.1 Å². The summed E-state index contributed by atoms with van der Waals surface area (Å²) in [5.74, 6) is -0.219. The third-order valence-corrected chi connectivity index (χ3v) is 2.83. The Hall–Kier alpha value is -2.89. The number of nitrogens with one attached hydrogen (secondary N) is 2. The lowest BCUT2D eigenvalue weighted by Gasteiger charge is -1.99. The molecule has 0 radical (unpaired) electrons. The van der Waals surface area contributed by atoms with Gasteiger partial charge in [-0.25, -0.2) is 4.98 Å². The highest BCUT2D eigenvalue weighted by Crippen LogP contribution is 2.17. The van der Waals surface area contributed by atoms with E-state index >= 15 is 0 Å². The Labute approximate surface area is 107 Å². The highest BCUT2D eigenvalue weighted by atomic mass is 16.1. The summed E-state index contributed by atoms with van der Waals surface area (Å²) in [7, 11) is 0. The number of nitrogens with zero attached hydrogens (tertiary/aromatic N) is 1. The minimum Gasteiger partial charge on any atom is -0.369 e. The summed E-state index contributed by atoms with van der Waals surface area (Å²) in [6, 6.07) is 8.79. The van der Waals surface area contributed by atoms with Crippen LogP contribution in [0.25, 0.3) is 11.0 Å². The van der Waals surface area contributed by atoms with Crippen molar-refractivity contribution in [2.75, 3.05) is 5.73 Å². The number of aromatic amines is 2. The van der Waals surface area contributed by atoms with Gasteiger partial charge in [0, 0.05) is 11.8 Å². The zero-order valence-corrected chi connectivity index (χ0v) is 9.81. The predicted molar refractivity (Wildman–Crippen MR) is 71.0 cm³/mol. The van der Waals surface area contributed by atoms with Gasteiger partial charge in [0.1, 0.15) is 11.0 Å². The van der Waals surface area contributed by atoms with E-state index in [9.17, 15) is 9.59 Å². The van der Waals surface area contributed by atoms with E-state index in [0.717, 1.165) is 0 Å². The Morgan fingerprint density at radius 3 is 2.68 bits per heavy atom. The normalized spacial score (nSPS) is 10.7. The monoisotopic (exact) mass is 254 g/mol. The summed E-state index contributed by atoms with van der Waals surface area (Å²) in [5.41, 5.74) is 6.50. The third kappa shape index (κ3) is 1.79. The number of carbonyl (C=O) groups is 1. The van der Waals surface area contributed by atoms with Crippen molar-refractivity contribution in [3.05, 3.63) is 58.0 Å². The first-order valence-corrected chi connectivity index (χ1v) is 5.63. The lowest BCUT2D eigenvalue weighted by molar-refractivity contribution is 0.104. The Bertz CT molecular complexity index is 818. The second kappa shape index (κ2) is 4.09. The molecule has 0 spiro atoms. The molecule has 6 nitrogen and oxygen atoms in total. The summed E-state index contributed by atoms with van der Waals surface area (Å²) in [4.78, 5) is 33.1. The van der Waals surface area contributed by atoms with E-state index in [2.05, 4.69) is 15.0 Å². The predicted octanol–water partition coefficient (Wildman–Crippen LogP) is 1.06. The molecular formula is C13H10N4O2. The Kier molecular flexibility index (Phi) is 2.42. The number of hydrogen-bond donors (Lipinski definition) is 3. The maximum Gasteiger partial charge on any atom is 0.276 e. The lowest BCUT2D eigenvalue weighted by atomic mass is 10.1. The fraction of sp³-hybridized carbons (Fsp3) is 0. The summed E-state index contributed by atoms with van der Waals surface area (Å²) in [6.07, 6.45) is 1.47. The van der Waals surface area contributed by atoms with E-state index in [-0.39, 0.29) is 22.8 Å². The summed E-state index contributed by atoms with van der Waals surface area (Å²) >= 11 is 0. The SMILES string of the molecule is Nc1nc2c(C(=O)c3ccccc3)c[nH]c2c(=O)[nH]1. The largest absolute Gasteiger partial charge is 0.369 e. The van der Waals surface area contributed by atoms with Crippen LogP contribution in [0.1, 0.15) is 15.9 Å². The van der Waals surface area contributed by atoms with Gasteiger partial charge in [-0.2, -0.15) is 0 Å². The van der Waals surface area contributed by atoms with Crippen LogP contribution in [-0.2, 0) is 0 Å². The summed E-state index contributed by atoms with van der Waals surface area (Å²) in [6.45, 7) is 0. The van der Waals surface area contributed by atoms with Crippen LogP contribution in [0, 0.1) is 0 Å². The van der Waals surface area contributed by atoms with Crippen molar-refractivity contribution in [3.63, 3.8) is 0 Å². The van der Waals surface area contributed by atoms with E-state index in [1.54, 1.807) is 24.3 Å². The molecule has 94 valence electrons. The highest BCUT2D eigenvalue weighted by Gasteiger charge is 2.17. The summed E-state index contributed by atoms with van der Waals surface area (Å²) < 4.78 is 0. The quantitative estimate of drug-likeness (QED) is 0.595. The molecule has 19 heavy (non-hydrogen) atoms. The number of aromatic nitrogens is 3. The molecule has 0 bridgehead atoms. The zero-order valence-electron chi connectivity index (χ0n) is 9.81. The zero-order chi connectivity index (χ0) is 13.4. The molecule has 0 saturated carbocycles. The number of carbonyl (C=O) groups excluding carboxylic acids is 1. The molecule has 6 heteroatoms. The molecule has 3 aromatic rings. The van der Waals surface area contributed by atoms with E-state index < -0.39 is 5.56 Å². The number of nitrogen functional groups attached to an aromatic ring is 1. The Balaban J connectivity index is 2.22. The second-order valence-electron chi connectivity index (χ2n) is 4.07. The van der Waals surface area contributed by atoms with Crippen molar-refractivity contribution in [3.8, 4) is 0 Å². The molecular weight excluding hydrogens is 244 g/mol. The van der Waals surface area contributed by atoms with Gasteiger partial charge in [-0.1, -0.05) is 30.3 Å². The minimum atomic E-state index is -0.394. The number of nitrogens with two attached hydrogens (primary N) is 1. The van der Waals surface area contributed by atoms with E-state index in [1.165, 1.54) is 6.20 Å². The summed E-state index contributed by atoms with van der Waals surface area (Å²) in [5, 5.41) is 0. The van der Waals surface area contributed by atoms with Gasteiger partial charge in [-0.3, -0.25) is 14.6 Å². The van der Waals surface area contributed by atoms with Crippen LogP contribution in [0.15, 0.2) is 41.3 Å². The molecule has 4 N–H and O–H groups in total. The maximum atomic E-state index is 12.3. The molecule has 0 atom stereocenters. The van der Waals surface area contributed by atoms with Crippen LogP contribution in [0.4, 0.5) is 5.95 Å². The van der Waals surface area contributed by atoms with Crippen molar-refractivity contribution < 1.29 is 4.79 Å². The molecule has 3 rings (SSSR count). The van der Waals surface area contributed by atoms with Crippen LogP contribution in [0.5, 0.6) is 0 Å². The number of rotatable bonds is 2. The van der Waals surface area contributed by atoms with Crippen LogP contribution in [0.2, 0.25) is 0 Å². The number of hydrogen-bond acceptors (Lipinski definition) is 4. The van der Waals surface area contributed by atoms with Crippen molar-refractivity contribution in [2.45, 2.75) is 0 Å². The van der Waals surface area contributed by atoms with Gasteiger partial charge in [0.2, 0.25) is 5.95 Å². The Morgan fingerprint density at radius 2 is 1.95 bits per heavy atom. The van der Waals surface area contributed by atoms with Crippen molar-refractivity contribution in [1.82, 2.24) is 15.0 Å². The number of ketones is 1. The van der Waals surface area contributed by atoms with E-state index in [4.69, 9.17) is 5.73 Å². The molecule has 1 aromatic carbocycles. The fourth-order valence-electron chi connectivity index (χ4n) is 1.95. The van der Waals surface area contributed by atoms with Crippen LogP contribution < -0.4 is 11.3 Å². The molecule has 0 aliphatic rings. The maximum absolute atomic E-state index is 12.3. The molecule has 0 aliphatic carbocycles. The average Bonchev–Trinajstić information content (AvgIpc) is 2.83. The van der Waals surface area contributed by atoms with Gasteiger partial charge in [-0.05, 0) is 0 Å². The van der Waals surface area contributed by atoms with Crippen LogP contribution >= 0.6 is 0 Å². The molecule has 0 unspecified atom stereocenters. The van der Waals surface area contributed by atoms with Gasteiger partial charge in [0.05, 0.1) is 5.56 Å². The van der Waals surface area contributed by atoms with E-state index in [1.807, 2.05) is 6.07 Å². The first kappa shape index (κ1) is 11.2. The minimum absolute atomic E-state index is 0.0146. The number of anilines is 1. The molecule has 0 aliphatic heterocycles. The van der Waals surface area contributed by atoms with Gasteiger partial charge < -0.3 is 10.7 Å². The number of H-pyrrole nitrogens is 2. The third-order valence-electron chi connectivity index (χ3n) is 2.83. The van der Waals surface area contributed by atoms with Crippen molar-refractivity contribution >= 4 is 22.8 Å². The number of fused-ring (bicyclic) bond motifs is 1. The highest BCUT2D eigenvalue weighted by molar-refractivity contribution is 6.15. The molecule has 2 aromatic heterocycles. The van der Waals surface area contributed by atoms with Gasteiger partial charge in [0.25, 0.3) is 5.56 Å². The Morgan fingerprint density at radius 1 is 1.21 bits per heavy atom. The van der Waals surface area contributed by atoms with Gasteiger partial charge in [-0.15, -0.1) is 0 Å². The number of benzene rings is 1. The van der Waals surface area contributed by atoms with Crippen LogP contribution in [0.3, 0.4) is 0 Å². The smallest absolute Gasteiger partial charge is 0.276 e. The van der Waals surface area contributed by atoms with Crippen LogP contribution in [-0.4, -0.2) is 20.7 Å². The fourth-order valence-corrected chi connectivity index (χ4v) is 1.95. The first-order valence-electron chi connectivity index (χ1n) is 5.63. The molecule has 0 fully saturated rings. The average molecular weight is 254 g/mol. The van der Waals surface area contributed by atoms with Gasteiger partial charge in [0.15, 0.2) is 5.78 Å². The molecule has 0 saturated heterocycles.